The van der Waals surface area contributed by atoms with Crippen LogP contribution in [0.5, 0.6) is 0 Å². The molecule has 1 saturated carbocycles. The molecule has 17 heavy (non-hydrogen) atoms. The number of aryl methyl sites for hydroxylation is 1. The van der Waals surface area contributed by atoms with Crippen LogP contribution in [0.25, 0.3) is 0 Å². The second-order valence-corrected chi connectivity index (χ2v) is 6.10. The second-order valence-electron chi connectivity index (χ2n) is 4.44. The fourth-order valence-corrected chi connectivity index (χ4v) is 3.48. The molecule has 96 valence electrons. The molecular weight excluding hydrogens is 242 g/mol. The topological polar surface area (TPSA) is 103 Å². The molecular formula is C9H17N5O2S. The monoisotopic (exact) mass is 259 g/mol. The molecule has 0 spiro atoms. The zero-order chi connectivity index (χ0) is 12.5. The van der Waals surface area contributed by atoms with Gasteiger partial charge in [-0.2, -0.15) is 0 Å². The first-order valence-corrected chi connectivity index (χ1v) is 7.10. The van der Waals surface area contributed by atoms with Crippen molar-refractivity contribution >= 4 is 10.0 Å². The van der Waals surface area contributed by atoms with E-state index in [2.05, 4.69) is 15.0 Å². The zero-order valence-electron chi connectivity index (χ0n) is 9.70. The standard InChI is InChI=1S/C9H17N5O2S/c1-14-9(6-11-13-14)17(15,16)12-8-4-2-3-7(10)5-8/h6-8,12H,2-5,10H2,1H3. The lowest BCUT2D eigenvalue weighted by atomic mass is 9.92. The summed E-state index contributed by atoms with van der Waals surface area (Å²) in [6.45, 7) is 0. The Labute approximate surface area is 100 Å². The van der Waals surface area contributed by atoms with Gasteiger partial charge >= 0.3 is 0 Å². The van der Waals surface area contributed by atoms with Gasteiger partial charge in [-0.3, -0.25) is 0 Å². The Morgan fingerprint density at radius 1 is 1.53 bits per heavy atom. The minimum atomic E-state index is -3.54. The van der Waals surface area contributed by atoms with Crippen molar-refractivity contribution in [2.45, 2.75) is 42.8 Å². The summed E-state index contributed by atoms with van der Waals surface area (Å²) in [5, 5.41) is 7.26. The van der Waals surface area contributed by atoms with Crippen LogP contribution < -0.4 is 10.5 Å². The first kappa shape index (κ1) is 12.5. The molecule has 7 nitrogen and oxygen atoms in total. The molecule has 0 saturated heterocycles. The minimum absolute atomic E-state index is 0.0802. The predicted octanol–water partition coefficient (Wildman–Crippen LogP) is -0.637. The summed E-state index contributed by atoms with van der Waals surface area (Å²) in [7, 11) is -1.99. The van der Waals surface area contributed by atoms with Crippen molar-refractivity contribution in [1.82, 2.24) is 19.7 Å². The number of rotatable bonds is 3. The van der Waals surface area contributed by atoms with Crippen molar-refractivity contribution in [2.24, 2.45) is 12.8 Å². The molecule has 1 aromatic rings. The number of sulfonamides is 1. The Morgan fingerprint density at radius 2 is 2.29 bits per heavy atom. The van der Waals surface area contributed by atoms with E-state index in [9.17, 15) is 8.42 Å². The average Bonchev–Trinajstić information content (AvgIpc) is 2.64. The Balaban J connectivity index is 2.10. The maximum absolute atomic E-state index is 12.0. The van der Waals surface area contributed by atoms with Crippen molar-refractivity contribution < 1.29 is 8.42 Å². The van der Waals surface area contributed by atoms with Gasteiger partial charge in [-0.15, -0.1) is 5.10 Å². The van der Waals surface area contributed by atoms with E-state index in [-0.39, 0.29) is 17.1 Å². The van der Waals surface area contributed by atoms with Gasteiger partial charge in [-0.1, -0.05) is 11.6 Å². The molecule has 1 aliphatic rings. The highest BCUT2D eigenvalue weighted by Gasteiger charge is 2.26. The van der Waals surface area contributed by atoms with Crippen LogP contribution in [-0.4, -0.2) is 35.5 Å². The van der Waals surface area contributed by atoms with E-state index in [0.29, 0.717) is 6.42 Å². The minimum Gasteiger partial charge on any atom is -0.328 e. The van der Waals surface area contributed by atoms with Crippen LogP contribution in [-0.2, 0) is 17.1 Å². The van der Waals surface area contributed by atoms with Gasteiger partial charge in [-0.25, -0.2) is 17.8 Å². The van der Waals surface area contributed by atoms with E-state index in [1.807, 2.05) is 0 Å². The molecule has 8 heteroatoms. The molecule has 1 aliphatic carbocycles. The molecule has 1 aromatic heterocycles. The third-order valence-corrected chi connectivity index (χ3v) is 4.55. The van der Waals surface area contributed by atoms with Gasteiger partial charge in [0, 0.05) is 19.1 Å². The van der Waals surface area contributed by atoms with E-state index in [4.69, 9.17) is 5.73 Å². The molecule has 2 rings (SSSR count). The average molecular weight is 259 g/mol. The highest BCUT2D eigenvalue weighted by molar-refractivity contribution is 7.89. The Morgan fingerprint density at radius 3 is 2.88 bits per heavy atom. The van der Waals surface area contributed by atoms with Crippen LogP contribution in [0.3, 0.4) is 0 Å². The highest BCUT2D eigenvalue weighted by Crippen LogP contribution is 2.18. The lowest BCUT2D eigenvalue weighted by Crippen LogP contribution is -2.42. The molecule has 0 radical (unpaired) electrons. The third kappa shape index (κ3) is 2.82. The summed E-state index contributed by atoms with van der Waals surface area (Å²) in [4.78, 5) is 0. The Hall–Kier alpha value is -0.990. The van der Waals surface area contributed by atoms with E-state index in [1.54, 1.807) is 7.05 Å². The quantitative estimate of drug-likeness (QED) is 0.752. The van der Waals surface area contributed by atoms with Crippen molar-refractivity contribution in [2.75, 3.05) is 0 Å². The molecule has 0 amide bonds. The maximum Gasteiger partial charge on any atom is 0.259 e. The fraction of sp³-hybridized carbons (Fsp3) is 0.778. The molecule has 0 aromatic carbocycles. The fourth-order valence-electron chi connectivity index (χ4n) is 2.14. The van der Waals surface area contributed by atoms with Gasteiger partial charge in [0.25, 0.3) is 10.0 Å². The highest BCUT2D eigenvalue weighted by atomic mass is 32.2. The van der Waals surface area contributed by atoms with Crippen LogP contribution in [0.4, 0.5) is 0 Å². The summed E-state index contributed by atoms with van der Waals surface area (Å²) >= 11 is 0. The van der Waals surface area contributed by atoms with Gasteiger partial charge in [0.2, 0.25) is 0 Å². The molecule has 1 heterocycles. The zero-order valence-corrected chi connectivity index (χ0v) is 10.5. The summed E-state index contributed by atoms with van der Waals surface area (Å²) in [5.74, 6) is 0. The third-order valence-electron chi connectivity index (χ3n) is 2.98. The number of nitrogens with one attached hydrogen (secondary N) is 1. The van der Waals surface area contributed by atoms with Crippen LogP contribution >= 0.6 is 0 Å². The SMILES string of the molecule is Cn1nncc1S(=O)(=O)NC1CCCC(N)C1. The summed E-state index contributed by atoms with van der Waals surface area (Å²) < 4.78 is 28.0. The van der Waals surface area contributed by atoms with Crippen LogP contribution in [0.2, 0.25) is 0 Å². The smallest absolute Gasteiger partial charge is 0.259 e. The molecule has 1 fully saturated rings. The van der Waals surface area contributed by atoms with E-state index >= 15 is 0 Å². The number of hydrogen-bond acceptors (Lipinski definition) is 5. The number of aromatic nitrogens is 3. The Kier molecular flexibility index (Phi) is 3.45. The summed E-state index contributed by atoms with van der Waals surface area (Å²) in [6, 6.07) is -0.000220. The Bertz CT molecular complexity index is 483. The summed E-state index contributed by atoms with van der Waals surface area (Å²) in [5.41, 5.74) is 5.83. The largest absolute Gasteiger partial charge is 0.328 e. The second kappa shape index (κ2) is 4.71. The van der Waals surface area contributed by atoms with Crippen LogP contribution in [0.1, 0.15) is 25.7 Å². The van der Waals surface area contributed by atoms with Crippen molar-refractivity contribution in [3.63, 3.8) is 0 Å². The van der Waals surface area contributed by atoms with Crippen LogP contribution in [0.15, 0.2) is 11.2 Å². The van der Waals surface area contributed by atoms with E-state index < -0.39 is 10.0 Å². The van der Waals surface area contributed by atoms with Crippen molar-refractivity contribution in [3.8, 4) is 0 Å². The van der Waals surface area contributed by atoms with Crippen LogP contribution in [0, 0.1) is 0 Å². The molecule has 2 atom stereocenters. The van der Waals surface area contributed by atoms with Gasteiger partial charge in [0.15, 0.2) is 5.03 Å². The van der Waals surface area contributed by atoms with Gasteiger partial charge < -0.3 is 5.73 Å². The van der Waals surface area contributed by atoms with Gasteiger partial charge in [0.1, 0.15) is 0 Å². The van der Waals surface area contributed by atoms with E-state index in [1.165, 1.54) is 10.9 Å². The molecule has 0 aliphatic heterocycles. The van der Waals surface area contributed by atoms with Gasteiger partial charge in [0.05, 0.1) is 6.20 Å². The number of nitrogens with zero attached hydrogens (tertiary/aromatic N) is 3. The van der Waals surface area contributed by atoms with Gasteiger partial charge in [-0.05, 0) is 19.3 Å². The maximum atomic E-state index is 12.0. The van der Waals surface area contributed by atoms with Crippen molar-refractivity contribution in [3.05, 3.63) is 6.20 Å². The first-order valence-electron chi connectivity index (χ1n) is 5.61. The van der Waals surface area contributed by atoms with Crippen molar-refractivity contribution in [1.29, 1.82) is 0 Å². The molecule has 3 N–H and O–H groups in total. The molecule has 0 bridgehead atoms. The van der Waals surface area contributed by atoms with E-state index in [0.717, 1.165) is 19.3 Å². The lowest BCUT2D eigenvalue weighted by Gasteiger charge is -2.26. The number of nitrogens with two attached hydrogens (primary N) is 1. The predicted molar refractivity (Wildman–Crippen MR) is 61.6 cm³/mol. The summed E-state index contributed by atoms with van der Waals surface area (Å²) in [6.07, 6.45) is 4.68. The lowest BCUT2D eigenvalue weighted by molar-refractivity contribution is 0.370. The first-order chi connectivity index (χ1) is 7.99. The normalized spacial score (nSPS) is 26.0. The molecule has 2 unspecified atom stereocenters. The number of hydrogen-bond donors (Lipinski definition) is 2.